The van der Waals surface area contributed by atoms with Gasteiger partial charge in [-0.05, 0) is 44.4 Å². The van der Waals surface area contributed by atoms with E-state index in [1.165, 1.54) is 5.56 Å². The zero-order valence-electron chi connectivity index (χ0n) is 13.3. The first-order chi connectivity index (χ1) is 10.6. The number of hydrogen-bond acceptors (Lipinski definition) is 4. The number of pyridine rings is 1. The predicted molar refractivity (Wildman–Crippen MR) is 85.5 cm³/mol. The Morgan fingerprint density at radius 2 is 2.00 bits per heavy atom. The minimum Gasteiger partial charge on any atom is -0.394 e. The van der Waals surface area contributed by atoms with Gasteiger partial charge in [-0.25, -0.2) is 4.79 Å². The molecule has 0 bridgehead atoms. The van der Waals surface area contributed by atoms with E-state index in [0.29, 0.717) is 6.04 Å². The van der Waals surface area contributed by atoms with Crippen LogP contribution in [0.4, 0.5) is 4.79 Å². The standard InChI is InChI=1S/C16H26N4O2/c1-12(11-21)18-16(22)19-15-5-9-20(10-6-15)13(2)14-3-7-17-8-4-14/h3-4,7-8,12-13,15,21H,5-6,9-11H2,1-2H3,(H2,18,19,22)/t12-,13?/m0/s1. The molecule has 0 spiro atoms. The molecule has 2 amide bonds. The molecule has 1 unspecified atom stereocenters. The van der Waals surface area contributed by atoms with Gasteiger partial charge in [-0.1, -0.05) is 0 Å². The first-order valence-electron chi connectivity index (χ1n) is 7.92. The molecule has 2 rings (SSSR count). The van der Waals surface area contributed by atoms with Gasteiger partial charge in [-0.15, -0.1) is 0 Å². The van der Waals surface area contributed by atoms with E-state index < -0.39 is 0 Å². The fourth-order valence-electron chi connectivity index (χ4n) is 2.78. The summed E-state index contributed by atoms with van der Waals surface area (Å²) in [7, 11) is 0. The molecule has 2 heterocycles. The summed E-state index contributed by atoms with van der Waals surface area (Å²) >= 11 is 0. The summed E-state index contributed by atoms with van der Waals surface area (Å²) in [5.74, 6) is 0. The van der Waals surface area contributed by atoms with E-state index in [-0.39, 0.29) is 24.7 Å². The number of piperidine rings is 1. The number of urea groups is 1. The van der Waals surface area contributed by atoms with Gasteiger partial charge in [0.15, 0.2) is 0 Å². The largest absolute Gasteiger partial charge is 0.394 e. The first-order valence-corrected chi connectivity index (χ1v) is 7.92. The van der Waals surface area contributed by atoms with Crippen molar-refractivity contribution in [3.8, 4) is 0 Å². The van der Waals surface area contributed by atoms with Gasteiger partial charge in [0.25, 0.3) is 0 Å². The van der Waals surface area contributed by atoms with Crippen molar-refractivity contribution in [3.05, 3.63) is 30.1 Å². The number of aromatic nitrogens is 1. The zero-order chi connectivity index (χ0) is 15.9. The molecular weight excluding hydrogens is 280 g/mol. The van der Waals surface area contributed by atoms with Crippen molar-refractivity contribution in [1.82, 2.24) is 20.5 Å². The molecule has 0 saturated carbocycles. The zero-order valence-corrected chi connectivity index (χ0v) is 13.3. The van der Waals surface area contributed by atoms with E-state index >= 15 is 0 Å². The summed E-state index contributed by atoms with van der Waals surface area (Å²) in [6.07, 6.45) is 5.53. The van der Waals surface area contributed by atoms with Crippen LogP contribution in [0.25, 0.3) is 0 Å². The second kappa shape index (κ2) is 8.10. The average molecular weight is 306 g/mol. The topological polar surface area (TPSA) is 77.5 Å². The number of aliphatic hydroxyl groups excluding tert-OH is 1. The van der Waals surface area contributed by atoms with Crippen molar-refractivity contribution < 1.29 is 9.90 Å². The van der Waals surface area contributed by atoms with Crippen LogP contribution in [0.5, 0.6) is 0 Å². The van der Waals surface area contributed by atoms with Crippen LogP contribution < -0.4 is 10.6 Å². The van der Waals surface area contributed by atoms with Crippen molar-refractivity contribution in [3.63, 3.8) is 0 Å². The fourth-order valence-corrected chi connectivity index (χ4v) is 2.78. The molecule has 1 fully saturated rings. The van der Waals surface area contributed by atoms with Crippen molar-refractivity contribution in [2.24, 2.45) is 0 Å². The highest BCUT2D eigenvalue weighted by molar-refractivity contribution is 5.74. The summed E-state index contributed by atoms with van der Waals surface area (Å²) in [6.45, 7) is 5.86. The number of aliphatic hydroxyl groups is 1. The lowest BCUT2D eigenvalue weighted by Crippen LogP contribution is -2.50. The molecule has 1 aromatic heterocycles. The van der Waals surface area contributed by atoms with Crippen LogP contribution in [0.15, 0.2) is 24.5 Å². The number of carbonyl (C=O) groups excluding carboxylic acids is 1. The van der Waals surface area contributed by atoms with Gasteiger partial charge in [0.1, 0.15) is 0 Å². The third-order valence-corrected chi connectivity index (χ3v) is 4.25. The molecule has 1 aliphatic rings. The number of likely N-dealkylation sites (tertiary alicyclic amines) is 1. The molecule has 2 atom stereocenters. The summed E-state index contributed by atoms with van der Waals surface area (Å²) in [5, 5.41) is 14.6. The third kappa shape index (κ3) is 4.68. The Kier molecular flexibility index (Phi) is 6.15. The maximum atomic E-state index is 11.8. The Morgan fingerprint density at radius 1 is 1.36 bits per heavy atom. The summed E-state index contributed by atoms with van der Waals surface area (Å²) in [5.41, 5.74) is 1.27. The first kappa shape index (κ1) is 16.7. The fraction of sp³-hybridized carbons (Fsp3) is 0.625. The van der Waals surface area contributed by atoms with Crippen molar-refractivity contribution in [2.75, 3.05) is 19.7 Å². The molecule has 3 N–H and O–H groups in total. The predicted octanol–water partition coefficient (Wildman–Crippen LogP) is 1.29. The molecule has 0 aromatic carbocycles. The van der Waals surface area contributed by atoms with Crippen LogP contribution in [-0.4, -0.2) is 52.8 Å². The Hall–Kier alpha value is -1.66. The molecule has 122 valence electrons. The molecular formula is C16H26N4O2. The smallest absolute Gasteiger partial charge is 0.315 e. The van der Waals surface area contributed by atoms with Gasteiger partial charge in [-0.2, -0.15) is 0 Å². The van der Waals surface area contributed by atoms with Crippen LogP contribution in [0.2, 0.25) is 0 Å². The Morgan fingerprint density at radius 3 is 2.59 bits per heavy atom. The van der Waals surface area contributed by atoms with E-state index in [0.717, 1.165) is 25.9 Å². The number of carbonyl (C=O) groups is 1. The number of amides is 2. The Bertz CT molecular complexity index is 460. The van der Waals surface area contributed by atoms with E-state index in [2.05, 4.69) is 39.6 Å². The minimum atomic E-state index is -0.216. The molecule has 22 heavy (non-hydrogen) atoms. The lowest BCUT2D eigenvalue weighted by Gasteiger charge is -2.36. The summed E-state index contributed by atoms with van der Waals surface area (Å²) in [6, 6.07) is 4.27. The van der Waals surface area contributed by atoms with Crippen LogP contribution in [0.1, 0.15) is 38.3 Å². The maximum Gasteiger partial charge on any atom is 0.315 e. The summed E-state index contributed by atoms with van der Waals surface area (Å²) in [4.78, 5) is 18.3. The van der Waals surface area contributed by atoms with Crippen LogP contribution in [-0.2, 0) is 0 Å². The lowest BCUT2D eigenvalue weighted by atomic mass is 10.0. The lowest BCUT2D eigenvalue weighted by molar-refractivity contribution is 0.152. The van der Waals surface area contributed by atoms with Crippen molar-refractivity contribution >= 4 is 6.03 Å². The molecule has 1 saturated heterocycles. The van der Waals surface area contributed by atoms with Crippen LogP contribution >= 0.6 is 0 Å². The average Bonchev–Trinajstić information content (AvgIpc) is 2.55. The molecule has 0 aliphatic carbocycles. The van der Waals surface area contributed by atoms with Crippen LogP contribution in [0, 0.1) is 0 Å². The number of nitrogens with one attached hydrogen (secondary N) is 2. The second-order valence-corrected chi connectivity index (χ2v) is 5.97. The van der Waals surface area contributed by atoms with Gasteiger partial charge < -0.3 is 15.7 Å². The highest BCUT2D eigenvalue weighted by Crippen LogP contribution is 2.23. The summed E-state index contributed by atoms with van der Waals surface area (Å²) < 4.78 is 0. The second-order valence-electron chi connectivity index (χ2n) is 5.97. The maximum absolute atomic E-state index is 11.8. The molecule has 6 nitrogen and oxygen atoms in total. The van der Waals surface area contributed by atoms with Gasteiger partial charge in [-0.3, -0.25) is 9.88 Å². The quantitative estimate of drug-likeness (QED) is 0.766. The SMILES string of the molecule is CC(c1ccncc1)N1CCC(NC(=O)N[C@@H](C)CO)CC1. The highest BCUT2D eigenvalue weighted by Gasteiger charge is 2.24. The van der Waals surface area contributed by atoms with Crippen molar-refractivity contribution in [1.29, 1.82) is 0 Å². The van der Waals surface area contributed by atoms with E-state index in [9.17, 15) is 4.79 Å². The number of hydrogen-bond donors (Lipinski definition) is 3. The van der Waals surface area contributed by atoms with Gasteiger partial charge >= 0.3 is 6.03 Å². The number of nitrogens with zero attached hydrogens (tertiary/aromatic N) is 2. The molecule has 0 radical (unpaired) electrons. The van der Waals surface area contributed by atoms with E-state index in [1.54, 1.807) is 6.92 Å². The Balaban J connectivity index is 1.77. The molecule has 1 aliphatic heterocycles. The monoisotopic (exact) mass is 306 g/mol. The van der Waals surface area contributed by atoms with Crippen molar-refractivity contribution in [2.45, 2.75) is 44.8 Å². The Labute approximate surface area is 131 Å². The van der Waals surface area contributed by atoms with Gasteiger partial charge in [0.2, 0.25) is 0 Å². The molecule has 1 aromatic rings. The van der Waals surface area contributed by atoms with E-state index in [4.69, 9.17) is 5.11 Å². The van der Waals surface area contributed by atoms with Gasteiger partial charge in [0, 0.05) is 37.6 Å². The van der Waals surface area contributed by atoms with E-state index in [1.807, 2.05) is 12.4 Å². The number of rotatable bonds is 5. The van der Waals surface area contributed by atoms with Crippen LogP contribution in [0.3, 0.4) is 0 Å². The van der Waals surface area contributed by atoms with Gasteiger partial charge in [0.05, 0.1) is 12.6 Å². The molecule has 6 heteroatoms. The third-order valence-electron chi connectivity index (χ3n) is 4.25. The highest BCUT2D eigenvalue weighted by atomic mass is 16.3. The minimum absolute atomic E-state index is 0.0463. The normalized spacial score (nSPS) is 19.4.